The van der Waals surface area contributed by atoms with Crippen LogP contribution in [0.3, 0.4) is 0 Å². The number of carbonyl (C=O) groups is 4. The van der Waals surface area contributed by atoms with Crippen molar-refractivity contribution in [1.82, 2.24) is 10.6 Å². The van der Waals surface area contributed by atoms with Gasteiger partial charge in [-0.1, -0.05) is 18.2 Å². The van der Waals surface area contributed by atoms with E-state index in [0.717, 1.165) is 23.9 Å². The van der Waals surface area contributed by atoms with E-state index in [1.165, 1.54) is 12.1 Å². The molecule has 0 spiro atoms. The quantitative estimate of drug-likeness (QED) is 0.303. The van der Waals surface area contributed by atoms with E-state index in [9.17, 15) is 32.3 Å². The molecule has 2 amide bonds. The third-order valence-corrected chi connectivity index (χ3v) is 4.98. The first-order chi connectivity index (χ1) is 14.4. The van der Waals surface area contributed by atoms with Crippen molar-refractivity contribution in [2.45, 2.75) is 36.9 Å². The number of thioether (sulfide) groups is 1. The normalized spacial score (nSPS) is 13.2. The molecule has 0 heterocycles. The predicted octanol–water partition coefficient (Wildman–Crippen LogP) is 0.816. The molecular weight excluding hydrogens is 443 g/mol. The molecule has 0 saturated carbocycles. The van der Waals surface area contributed by atoms with E-state index < -0.39 is 54.1 Å². The summed E-state index contributed by atoms with van der Waals surface area (Å²) in [6.07, 6.45) is -4.96. The zero-order chi connectivity index (χ0) is 23.6. The third kappa shape index (κ3) is 10.2. The number of carboxylic acids is 2. The molecule has 0 aliphatic carbocycles. The van der Waals surface area contributed by atoms with Gasteiger partial charge in [0.25, 0.3) is 0 Å². The number of rotatable bonds is 12. The minimum absolute atomic E-state index is 0.0571. The van der Waals surface area contributed by atoms with Crippen molar-refractivity contribution in [3.05, 3.63) is 35.4 Å². The van der Waals surface area contributed by atoms with Crippen LogP contribution < -0.4 is 16.4 Å². The highest BCUT2D eigenvalue weighted by Gasteiger charge is 2.30. The lowest BCUT2D eigenvalue weighted by molar-refractivity contribution is -0.139. The number of alkyl halides is 3. The highest BCUT2D eigenvalue weighted by Crippen LogP contribution is 2.30. The second-order valence-electron chi connectivity index (χ2n) is 6.43. The third-order valence-electron chi connectivity index (χ3n) is 3.87. The molecule has 0 unspecified atom stereocenters. The molecule has 31 heavy (non-hydrogen) atoms. The Kier molecular flexibility index (Phi) is 10.3. The zero-order valence-electron chi connectivity index (χ0n) is 16.1. The minimum atomic E-state index is -4.50. The molecular formula is C18H22F3N3O6S. The Morgan fingerprint density at radius 3 is 2.42 bits per heavy atom. The Balaban J connectivity index is 2.71. The van der Waals surface area contributed by atoms with Crippen LogP contribution in [-0.4, -0.2) is 58.3 Å². The van der Waals surface area contributed by atoms with Gasteiger partial charge < -0.3 is 26.6 Å². The first kappa shape index (κ1) is 26.2. The van der Waals surface area contributed by atoms with E-state index in [2.05, 4.69) is 10.6 Å². The molecule has 1 aromatic rings. The van der Waals surface area contributed by atoms with Crippen LogP contribution in [0.4, 0.5) is 13.2 Å². The number of aliphatic carboxylic acids is 2. The Labute approximate surface area is 179 Å². The van der Waals surface area contributed by atoms with Crippen molar-refractivity contribution in [1.29, 1.82) is 0 Å². The molecule has 1 rings (SSSR count). The standard InChI is InChI=1S/C18H22F3N3O6S/c19-18(20,21)11-3-1-2-10(6-11)8-31-9-13(16(28)23-7-15(26)27)24-14(25)5-4-12(22)17(29)30/h1-3,6,12-13H,4-5,7-9,22H2,(H,23,28)(H,24,25)(H,26,27)(H,29,30)/t12-,13-/m0/s1. The summed E-state index contributed by atoms with van der Waals surface area (Å²) in [7, 11) is 0. The summed E-state index contributed by atoms with van der Waals surface area (Å²) in [6, 6.07) is 2.19. The van der Waals surface area contributed by atoms with Crippen LogP contribution in [0.25, 0.3) is 0 Å². The molecule has 172 valence electrons. The second kappa shape index (κ2) is 12.2. The maximum atomic E-state index is 12.8. The summed E-state index contributed by atoms with van der Waals surface area (Å²) in [6.45, 7) is -0.687. The van der Waals surface area contributed by atoms with Crippen LogP contribution in [0.15, 0.2) is 24.3 Å². The molecule has 0 aliphatic rings. The predicted molar refractivity (Wildman–Crippen MR) is 105 cm³/mol. The molecule has 9 nitrogen and oxygen atoms in total. The SMILES string of the molecule is N[C@@H](CCC(=O)N[C@@H](CSCc1cccc(C(F)(F)F)c1)C(=O)NCC(=O)O)C(=O)O. The Morgan fingerprint density at radius 1 is 1.16 bits per heavy atom. The zero-order valence-corrected chi connectivity index (χ0v) is 17.0. The molecule has 0 fully saturated rings. The molecule has 0 aromatic heterocycles. The van der Waals surface area contributed by atoms with Crippen molar-refractivity contribution < 1.29 is 42.6 Å². The average molecular weight is 465 g/mol. The van der Waals surface area contributed by atoms with E-state index in [1.54, 1.807) is 0 Å². The van der Waals surface area contributed by atoms with E-state index in [4.69, 9.17) is 15.9 Å². The average Bonchev–Trinajstić information content (AvgIpc) is 2.68. The van der Waals surface area contributed by atoms with E-state index in [-0.39, 0.29) is 24.3 Å². The lowest BCUT2D eigenvalue weighted by atomic mass is 10.1. The number of benzene rings is 1. The van der Waals surface area contributed by atoms with E-state index in [1.807, 2.05) is 0 Å². The molecule has 2 atom stereocenters. The maximum Gasteiger partial charge on any atom is 0.416 e. The van der Waals surface area contributed by atoms with Gasteiger partial charge in [-0.2, -0.15) is 24.9 Å². The minimum Gasteiger partial charge on any atom is -0.480 e. The second-order valence-corrected chi connectivity index (χ2v) is 7.46. The maximum absolute atomic E-state index is 12.8. The largest absolute Gasteiger partial charge is 0.480 e. The Morgan fingerprint density at radius 2 is 1.84 bits per heavy atom. The van der Waals surface area contributed by atoms with Crippen LogP contribution in [0.1, 0.15) is 24.0 Å². The molecule has 0 aliphatic heterocycles. The van der Waals surface area contributed by atoms with Crippen molar-refractivity contribution in [2.24, 2.45) is 5.73 Å². The van der Waals surface area contributed by atoms with Crippen molar-refractivity contribution >= 4 is 35.5 Å². The lowest BCUT2D eigenvalue weighted by Gasteiger charge is -2.18. The van der Waals surface area contributed by atoms with Crippen molar-refractivity contribution in [2.75, 3.05) is 12.3 Å². The number of nitrogens with two attached hydrogens (primary N) is 1. The molecule has 0 saturated heterocycles. The van der Waals surface area contributed by atoms with E-state index >= 15 is 0 Å². The van der Waals surface area contributed by atoms with Crippen molar-refractivity contribution in [3.63, 3.8) is 0 Å². The molecule has 1 aromatic carbocycles. The van der Waals surface area contributed by atoms with Gasteiger partial charge in [-0.3, -0.25) is 19.2 Å². The summed E-state index contributed by atoms with van der Waals surface area (Å²) in [5.41, 5.74) is 4.85. The monoisotopic (exact) mass is 465 g/mol. The van der Waals surface area contributed by atoms with E-state index in [0.29, 0.717) is 5.56 Å². The molecule has 0 radical (unpaired) electrons. The van der Waals surface area contributed by atoms with Crippen LogP contribution in [0, 0.1) is 0 Å². The van der Waals surface area contributed by atoms with Gasteiger partial charge in [0.05, 0.1) is 5.56 Å². The number of hydrogen-bond donors (Lipinski definition) is 5. The topological polar surface area (TPSA) is 159 Å². The van der Waals surface area contributed by atoms with Crippen molar-refractivity contribution in [3.8, 4) is 0 Å². The van der Waals surface area contributed by atoms with Crippen LogP contribution in [-0.2, 0) is 31.1 Å². The summed E-state index contributed by atoms with van der Waals surface area (Å²) in [5.74, 6) is -4.02. The van der Waals surface area contributed by atoms with Crippen LogP contribution in [0.2, 0.25) is 0 Å². The fraction of sp³-hybridized carbons (Fsp3) is 0.444. The summed E-state index contributed by atoms with van der Waals surface area (Å²) < 4.78 is 38.4. The van der Waals surface area contributed by atoms with Gasteiger partial charge in [0.2, 0.25) is 11.8 Å². The van der Waals surface area contributed by atoms with Gasteiger partial charge >= 0.3 is 18.1 Å². The Hall–Kier alpha value is -2.80. The molecule has 13 heteroatoms. The van der Waals surface area contributed by atoms with Gasteiger partial charge in [-0.15, -0.1) is 0 Å². The smallest absolute Gasteiger partial charge is 0.416 e. The lowest BCUT2D eigenvalue weighted by Crippen LogP contribution is -2.49. The van der Waals surface area contributed by atoms with Gasteiger partial charge in [-0.05, 0) is 18.1 Å². The first-order valence-electron chi connectivity index (χ1n) is 8.91. The Bertz CT molecular complexity index is 806. The highest BCUT2D eigenvalue weighted by molar-refractivity contribution is 7.98. The van der Waals surface area contributed by atoms with Gasteiger partial charge in [0.1, 0.15) is 18.6 Å². The first-order valence-corrected chi connectivity index (χ1v) is 10.1. The fourth-order valence-corrected chi connectivity index (χ4v) is 3.28. The number of carbonyl (C=O) groups excluding carboxylic acids is 2. The van der Waals surface area contributed by atoms with Gasteiger partial charge in [0, 0.05) is 17.9 Å². The number of hydrogen-bond acceptors (Lipinski definition) is 6. The van der Waals surface area contributed by atoms with Crippen LogP contribution >= 0.6 is 11.8 Å². The molecule has 0 bridgehead atoms. The van der Waals surface area contributed by atoms with Gasteiger partial charge in [0.15, 0.2) is 0 Å². The number of halogens is 3. The van der Waals surface area contributed by atoms with Crippen LogP contribution in [0.5, 0.6) is 0 Å². The number of amides is 2. The highest BCUT2D eigenvalue weighted by atomic mass is 32.2. The van der Waals surface area contributed by atoms with Gasteiger partial charge in [-0.25, -0.2) is 0 Å². The number of nitrogens with one attached hydrogen (secondary N) is 2. The summed E-state index contributed by atoms with van der Waals surface area (Å²) >= 11 is 1.06. The number of carboxylic acid groups (broad SMARTS) is 2. The summed E-state index contributed by atoms with van der Waals surface area (Å²) in [4.78, 5) is 45.5. The fourth-order valence-electron chi connectivity index (χ4n) is 2.28. The molecule has 6 N–H and O–H groups in total. The summed E-state index contributed by atoms with van der Waals surface area (Å²) in [5, 5.41) is 21.9.